The lowest BCUT2D eigenvalue weighted by atomic mass is 10.1. The fourth-order valence-electron chi connectivity index (χ4n) is 2.84. The van der Waals surface area contributed by atoms with E-state index in [0.29, 0.717) is 23.9 Å². The van der Waals surface area contributed by atoms with Gasteiger partial charge in [0.05, 0.1) is 17.1 Å². The minimum absolute atomic E-state index is 0.0136. The second-order valence-corrected chi connectivity index (χ2v) is 8.71. The Morgan fingerprint density at radius 2 is 1.86 bits per heavy atom. The van der Waals surface area contributed by atoms with Crippen LogP contribution >= 0.6 is 0 Å². The molecule has 2 aromatic rings. The molecule has 1 atom stereocenters. The highest BCUT2D eigenvalue weighted by molar-refractivity contribution is 7.91. The number of hydrogen-bond donors (Lipinski definition) is 0. The summed E-state index contributed by atoms with van der Waals surface area (Å²) in [4.78, 5) is 17.5. The number of sulfone groups is 1. The van der Waals surface area contributed by atoms with E-state index >= 15 is 0 Å². The SMILES string of the molecule is CN(C(=O)c1ccc(Oc2ccc(C(F)(F)F)cn2)cc1)[C@H]1CCS(=O)(=O)C1. The van der Waals surface area contributed by atoms with Gasteiger partial charge in [-0.25, -0.2) is 13.4 Å². The van der Waals surface area contributed by atoms with Gasteiger partial charge in [-0.15, -0.1) is 0 Å². The molecule has 1 fully saturated rings. The maximum Gasteiger partial charge on any atom is 0.417 e. The molecule has 0 aliphatic carbocycles. The Labute approximate surface area is 159 Å². The minimum atomic E-state index is -4.47. The lowest BCUT2D eigenvalue weighted by molar-refractivity contribution is -0.137. The number of carbonyl (C=O) groups is 1. The molecule has 0 spiro atoms. The van der Waals surface area contributed by atoms with Crippen molar-refractivity contribution in [2.24, 2.45) is 0 Å². The number of rotatable bonds is 4. The number of benzene rings is 1. The molecule has 0 N–H and O–H groups in total. The smallest absolute Gasteiger partial charge is 0.417 e. The summed E-state index contributed by atoms with van der Waals surface area (Å²) in [7, 11) is -1.54. The third-order valence-corrected chi connectivity index (χ3v) is 6.21. The van der Waals surface area contributed by atoms with Gasteiger partial charge in [-0.1, -0.05) is 0 Å². The zero-order valence-electron chi connectivity index (χ0n) is 14.8. The van der Waals surface area contributed by atoms with Crippen molar-refractivity contribution in [3.05, 3.63) is 53.7 Å². The molecule has 0 radical (unpaired) electrons. The summed E-state index contributed by atoms with van der Waals surface area (Å²) in [5.74, 6) is -0.00495. The molecule has 1 aromatic heterocycles. The highest BCUT2D eigenvalue weighted by Gasteiger charge is 2.33. The molecular formula is C18H17F3N2O4S. The first-order chi connectivity index (χ1) is 13.0. The fourth-order valence-corrected chi connectivity index (χ4v) is 4.62. The van der Waals surface area contributed by atoms with E-state index in [1.165, 1.54) is 29.2 Å². The summed E-state index contributed by atoms with van der Waals surface area (Å²) < 4.78 is 66.1. The molecule has 1 aliphatic rings. The highest BCUT2D eigenvalue weighted by atomic mass is 32.2. The zero-order chi connectivity index (χ0) is 20.5. The number of carbonyl (C=O) groups excluding carboxylic acids is 1. The molecule has 0 saturated carbocycles. The van der Waals surface area contributed by atoms with Gasteiger partial charge in [0, 0.05) is 30.9 Å². The Kier molecular flexibility index (Phi) is 5.33. The maximum absolute atomic E-state index is 12.5. The third kappa shape index (κ3) is 4.61. The van der Waals surface area contributed by atoms with E-state index < -0.39 is 21.6 Å². The van der Waals surface area contributed by atoms with Crippen molar-refractivity contribution >= 4 is 15.7 Å². The van der Waals surface area contributed by atoms with Crippen molar-refractivity contribution in [1.29, 1.82) is 0 Å². The van der Waals surface area contributed by atoms with Gasteiger partial charge in [0.25, 0.3) is 5.91 Å². The lowest BCUT2D eigenvalue weighted by Gasteiger charge is -2.23. The first kappa shape index (κ1) is 20.1. The lowest BCUT2D eigenvalue weighted by Crippen LogP contribution is -2.37. The van der Waals surface area contributed by atoms with Crippen LogP contribution in [0.2, 0.25) is 0 Å². The van der Waals surface area contributed by atoms with Gasteiger partial charge in [-0.3, -0.25) is 4.79 Å². The van der Waals surface area contributed by atoms with Gasteiger partial charge in [-0.2, -0.15) is 13.2 Å². The molecule has 150 valence electrons. The van der Waals surface area contributed by atoms with Crippen LogP contribution in [0.15, 0.2) is 42.6 Å². The molecular weight excluding hydrogens is 397 g/mol. The number of ether oxygens (including phenoxy) is 1. The van der Waals surface area contributed by atoms with Crippen LogP contribution in [0.25, 0.3) is 0 Å². The minimum Gasteiger partial charge on any atom is -0.439 e. The molecule has 3 rings (SSSR count). The standard InChI is InChI=1S/C18H17F3N2O4S/c1-23(14-8-9-28(25,26)11-14)17(24)12-2-5-15(6-3-12)27-16-7-4-13(10-22-16)18(19,20)21/h2-7,10,14H,8-9,11H2,1H3/t14-/m0/s1. The Hall–Kier alpha value is -2.62. The zero-order valence-corrected chi connectivity index (χ0v) is 15.6. The molecule has 0 bridgehead atoms. The van der Waals surface area contributed by atoms with Gasteiger partial charge in [-0.05, 0) is 36.8 Å². The molecule has 1 aliphatic heterocycles. The normalized spacial score (nSPS) is 18.6. The van der Waals surface area contributed by atoms with Crippen LogP contribution in [0.1, 0.15) is 22.3 Å². The molecule has 10 heteroatoms. The fraction of sp³-hybridized carbons (Fsp3) is 0.333. The average Bonchev–Trinajstić information content (AvgIpc) is 3.01. The van der Waals surface area contributed by atoms with Crippen LogP contribution in [-0.4, -0.2) is 48.8 Å². The van der Waals surface area contributed by atoms with Crippen LogP contribution in [-0.2, 0) is 16.0 Å². The predicted molar refractivity (Wildman–Crippen MR) is 94.9 cm³/mol. The van der Waals surface area contributed by atoms with E-state index in [-0.39, 0.29) is 29.3 Å². The molecule has 28 heavy (non-hydrogen) atoms. The molecule has 1 saturated heterocycles. The van der Waals surface area contributed by atoms with Crippen molar-refractivity contribution in [3.63, 3.8) is 0 Å². The topological polar surface area (TPSA) is 76.6 Å². The summed E-state index contributed by atoms with van der Waals surface area (Å²) in [5, 5.41) is 0. The number of alkyl halides is 3. The average molecular weight is 414 g/mol. The van der Waals surface area contributed by atoms with E-state index in [0.717, 1.165) is 12.1 Å². The van der Waals surface area contributed by atoms with E-state index in [1.54, 1.807) is 7.05 Å². The molecule has 0 unspecified atom stereocenters. The van der Waals surface area contributed by atoms with Crippen molar-refractivity contribution in [2.75, 3.05) is 18.6 Å². The highest BCUT2D eigenvalue weighted by Crippen LogP contribution is 2.30. The van der Waals surface area contributed by atoms with Crippen LogP contribution in [0, 0.1) is 0 Å². The van der Waals surface area contributed by atoms with Gasteiger partial charge in [0.1, 0.15) is 5.75 Å². The van der Waals surface area contributed by atoms with Gasteiger partial charge in [0.2, 0.25) is 5.88 Å². The maximum atomic E-state index is 12.5. The number of nitrogens with zero attached hydrogens (tertiary/aromatic N) is 2. The summed E-state index contributed by atoms with van der Waals surface area (Å²) in [6, 6.07) is 7.60. The van der Waals surface area contributed by atoms with E-state index in [4.69, 9.17) is 4.74 Å². The quantitative estimate of drug-likeness (QED) is 0.768. The van der Waals surface area contributed by atoms with E-state index in [2.05, 4.69) is 4.98 Å². The summed E-state index contributed by atoms with van der Waals surface area (Å²) >= 11 is 0. The Morgan fingerprint density at radius 3 is 2.36 bits per heavy atom. The first-order valence-corrected chi connectivity index (χ1v) is 10.2. The van der Waals surface area contributed by atoms with Gasteiger partial charge in [0.15, 0.2) is 9.84 Å². The third-order valence-electron chi connectivity index (χ3n) is 4.46. The van der Waals surface area contributed by atoms with Crippen LogP contribution in [0.3, 0.4) is 0 Å². The Balaban J connectivity index is 1.65. The second kappa shape index (κ2) is 7.42. The molecule has 1 amide bonds. The largest absolute Gasteiger partial charge is 0.439 e. The Bertz CT molecular complexity index is 958. The number of halogens is 3. The summed E-state index contributed by atoms with van der Waals surface area (Å²) in [5.41, 5.74) is -0.530. The summed E-state index contributed by atoms with van der Waals surface area (Å²) in [6.07, 6.45) is -3.39. The van der Waals surface area contributed by atoms with Crippen molar-refractivity contribution < 1.29 is 31.1 Å². The molecule has 6 nitrogen and oxygen atoms in total. The van der Waals surface area contributed by atoms with Crippen LogP contribution in [0.4, 0.5) is 13.2 Å². The second-order valence-electron chi connectivity index (χ2n) is 6.48. The van der Waals surface area contributed by atoms with Crippen molar-refractivity contribution in [2.45, 2.75) is 18.6 Å². The first-order valence-electron chi connectivity index (χ1n) is 8.34. The summed E-state index contributed by atoms with van der Waals surface area (Å²) in [6.45, 7) is 0. The van der Waals surface area contributed by atoms with Crippen molar-refractivity contribution in [1.82, 2.24) is 9.88 Å². The molecule has 1 aromatic carbocycles. The van der Waals surface area contributed by atoms with Crippen LogP contribution in [0.5, 0.6) is 11.6 Å². The molecule has 2 heterocycles. The number of amides is 1. The van der Waals surface area contributed by atoms with E-state index in [9.17, 15) is 26.4 Å². The van der Waals surface area contributed by atoms with Crippen LogP contribution < -0.4 is 4.74 Å². The number of hydrogen-bond acceptors (Lipinski definition) is 5. The van der Waals surface area contributed by atoms with Gasteiger partial charge < -0.3 is 9.64 Å². The van der Waals surface area contributed by atoms with Gasteiger partial charge >= 0.3 is 6.18 Å². The predicted octanol–water partition coefficient (Wildman–Crippen LogP) is 3.15. The van der Waals surface area contributed by atoms with Crippen molar-refractivity contribution in [3.8, 4) is 11.6 Å². The number of aromatic nitrogens is 1. The Morgan fingerprint density at radius 1 is 1.18 bits per heavy atom. The van der Waals surface area contributed by atoms with E-state index in [1.807, 2.05) is 0 Å². The monoisotopic (exact) mass is 414 g/mol. The number of pyridine rings is 1.